The molecular formula is C14H8ClFN2O. The Labute approximate surface area is 113 Å². The lowest BCUT2D eigenvalue weighted by atomic mass is 10.0. The number of nitrogens with zero attached hydrogens (tertiary/aromatic N) is 1. The van der Waals surface area contributed by atoms with Crippen molar-refractivity contribution in [3.8, 4) is 0 Å². The fourth-order valence-electron chi connectivity index (χ4n) is 1.97. The van der Waals surface area contributed by atoms with Crippen LogP contribution >= 0.6 is 11.6 Å². The summed E-state index contributed by atoms with van der Waals surface area (Å²) in [5.74, 6) is -0.936. The molecule has 0 radical (unpaired) electrons. The molecule has 1 N–H and O–H groups in total. The van der Waals surface area contributed by atoms with Gasteiger partial charge in [0, 0.05) is 40.6 Å². The number of fused-ring (bicyclic) bond motifs is 1. The zero-order chi connectivity index (χ0) is 13.4. The number of carbonyl (C=O) groups is 1. The average Bonchev–Trinajstić information content (AvgIpc) is 2.85. The lowest BCUT2D eigenvalue weighted by molar-refractivity contribution is 0.104. The van der Waals surface area contributed by atoms with Gasteiger partial charge in [-0.15, -0.1) is 0 Å². The van der Waals surface area contributed by atoms with Gasteiger partial charge < -0.3 is 4.98 Å². The molecular weight excluding hydrogens is 267 g/mol. The summed E-state index contributed by atoms with van der Waals surface area (Å²) in [6, 6.07) is 5.94. The van der Waals surface area contributed by atoms with Gasteiger partial charge in [0.25, 0.3) is 0 Å². The third-order valence-electron chi connectivity index (χ3n) is 2.92. The summed E-state index contributed by atoms with van der Waals surface area (Å²) in [5, 5.41) is 0.526. The highest BCUT2D eigenvalue weighted by Gasteiger charge is 2.18. The van der Waals surface area contributed by atoms with Crippen LogP contribution in [0.3, 0.4) is 0 Å². The number of hydrogen-bond acceptors (Lipinski definition) is 2. The predicted molar refractivity (Wildman–Crippen MR) is 70.9 cm³/mol. The van der Waals surface area contributed by atoms with E-state index < -0.39 is 5.82 Å². The number of nitrogens with one attached hydrogen (secondary N) is 1. The van der Waals surface area contributed by atoms with Gasteiger partial charge in [0.15, 0.2) is 5.78 Å². The molecule has 0 bridgehead atoms. The first kappa shape index (κ1) is 11.9. The van der Waals surface area contributed by atoms with Crippen LogP contribution in [0.25, 0.3) is 10.9 Å². The quantitative estimate of drug-likeness (QED) is 0.726. The monoisotopic (exact) mass is 274 g/mol. The molecule has 0 amide bonds. The Hall–Kier alpha value is -2.20. The molecule has 0 unspecified atom stereocenters. The van der Waals surface area contributed by atoms with Crippen LogP contribution in [0.2, 0.25) is 5.02 Å². The van der Waals surface area contributed by atoms with E-state index in [0.29, 0.717) is 10.9 Å². The number of H-pyrrole nitrogens is 1. The maximum atomic E-state index is 13.4. The largest absolute Gasteiger partial charge is 0.360 e. The third kappa shape index (κ3) is 1.90. The molecule has 0 fully saturated rings. The van der Waals surface area contributed by atoms with Crippen LogP contribution < -0.4 is 0 Å². The highest BCUT2D eigenvalue weighted by Crippen LogP contribution is 2.25. The van der Waals surface area contributed by atoms with E-state index in [-0.39, 0.29) is 16.4 Å². The van der Waals surface area contributed by atoms with E-state index in [0.717, 1.165) is 5.52 Å². The molecule has 0 aliphatic heterocycles. The van der Waals surface area contributed by atoms with Crippen LogP contribution in [-0.4, -0.2) is 15.8 Å². The SMILES string of the molecule is O=C(c1cccc(F)c1Cl)c1c[nH]c2ccncc12. The van der Waals surface area contributed by atoms with Gasteiger partial charge in [0.1, 0.15) is 5.82 Å². The second-order valence-corrected chi connectivity index (χ2v) is 4.43. The Morgan fingerprint density at radius 3 is 2.95 bits per heavy atom. The van der Waals surface area contributed by atoms with Gasteiger partial charge in [-0.3, -0.25) is 9.78 Å². The Morgan fingerprint density at radius 2 is 2.11 bits per heavy atom. The fraction of sp³-hybridized carbons (Fsp3) is 0. The number of pyridine rings is 1. The lowest BCUT2D eigenvalue weighted by Crippen LogP contribution is -2.02. The summed E-state index contributed by atoms with van der Waals surface area (Å²) >= 11 is 5.83. The summed E-state index contributed by atoms with van der Waals surface area (Å²) in [5.41, 5.74) is 1.37. The fourth-order valence-corrected chi connectivity index (χ4v) is 2.19. The number of benzene rings is 1. The van der Waals surface area contributed by atoms with Gasteiger partial charge >= 0.3 is 0 Å². The normalized spacial score (nSPS) is 10.8. The van der Waals surface area contributed by atoms with Crippen LogP contribution in [0.15, 0.2) is 42.9 Å². The zero-order valence-electron chi connectivity index (χ0n) is 9.65. The van der Waals surface area contributed by atoms with E-state index in [1.807, 2.05) is 0 Å². The number of halogens is 2. The van der Waals surface area contributed by atoms with Crippen molar-refractivity contribution in [2.45, 2.75) is 0 Å². The lowest BCUT2D eigenvalue weighted by Gasteiger charge is -2.03. The minimum Gasteiger partial charge on any atom is -0.360 e. The van der Waals surface area contributed by atoms with E-state index in [1.54, 1.807) is 24.7 Å². The maximum Gasteiger partial charge on any atom is 0.196 e. The molecule has 0 saturated heterocycles. The first-order valence-corrected chi connectivity index (χ1v) is 5.96. The van der Waals surface area contributed by atoms with E-state index in [4.69, 9.17) is 11.6 Å². The topological polar surface area (TPSA) is 45.8 Å². The number of rotatable bonds is 2. The van der Waals surface area contributed by atoms with Crippen LogP contribution in [0.1, 0.15) is 15.9 Å². The Morgan fingerprint density at radius 1 is 1.26 bits per heavy atom. The Bertz CT molecular complexity index is 782. The van der Waals surface area contributed by atoms with Gasteiger partial charge in [0.2, 0.25) is 0 Å². The van der Waals surface area contributed by atoms with Gasteiger partial charge in [-0.1, -0.05) is 17.7 Å². The summed E-state index contributed by atoms with van der Waals surface area (Å²) in [7, 11) is 0. The second-order valence-electron chi connectivity index (χ2n) is 4.05. The van der Waals surface area contributed by atoms with Crippen molar-refractivity contribution in [2.24, 2.45) is 0 Å². The molecule has 19 heavy (non-hydrogen) atoms. The van der Waals surface area contributed by atoms with Crippen LogP contribution in [0, 0.1) is 5.82 Å². The molecule has 5 heteroatoms. The maximum absolute atomic E-state index is 13.4. The smallest absolute Gasteiger partial charge is 0.196 e. The second kappa shape index (κ2) is 4.48. The first-order chi connectivity index (χ1) is 9.18. The van der Waals surface area contributed by atoms with E-state index >= 15 is 0 Å². The minimum atomic E-state index is -0.606. The van der Waals surface area contributed by atoms with Crippen molar-refractivity contribution >= 4 is 28.3 Å². The van der Waals surface area contributed by atoms with Gasteiger partial charge in [-0.2, -0.15) is 0 Å². The van der Waals surface area contributed by atoms with Crippen molar-refractivity contribution in [1.29, 1.82) is 0 Å². The highest BCUT2D eigenvalue weighted by atomic mass is 35.5. The summed E-state index contributed by atoms with van der Waals surface area (Å²) in [4.78, 5) is 19.4. The van der Waals surface area contributed by atoms with Gasteiger partial charge in [-0.25, -0.2) is 4.39 Å². The van der Waals surface area contributed by atoms with Crippen molar-refractivity contribution in [1.82, 2.24) is 9.97 Å². The Balaban J connectivity index is 2.17. The van der Waals surface area contributed by atoms with Crippen LogP contribution in [0.4, 0.5) is 4.39 Å². The molecule has 0 aliphatic carbocycles. The van der Waals surface area contributed by atoms with E-state index in [9.17, 15) is 9.18 Å². The van der Waals surface area contributed by atoms with E-state index in [1.165, 1.54) is 18.2 Å². The van der Waals surface area contributed by atoms with Crippen LogP contribution in [-0.2, 0) is 0 Å². The Kier molecular flexibility index (Phi) is 2.80. The number of aromatic nitrogens is 2. The number of carbonyl (C=O) groups excluding carboxylic acids is 1. The molecule has 3 rings (SSSR count). The molecule has 3 nitrogen and oxygen atoms in total. The molecule has 0 saturated carbocycles. The average molecular weight is 275 g/mol. The van der Waals surface area contributed by atoms with Crippen LogP contribution in [0.5, 0.6) is 0 Å². The molecule has 94 valence electrons. The molecule has 0 spiro atoms. The zero-order valence-corrected chi connectivity index (χ0v) is 10.4. The third-order valence-corrected chi connectivity index (χ3v) is 3.31. The van der Waals surface area contributed by atoms with Crippen molar-refractivity contribution < 1.29 is 9.18 Å². The minimum absolute atomic E-state index is 0.145. The molecule has 3 aromatic rings. The summed E-state index contributed by atoms with van der Waals surface area (Å²) in [6.07, 6.45) is 4.80. The molecule has 0 aliphatic rings. The number of hydrogen-bond donors (Lipinski definition) is 1. The highest BCUT2D eigenvalue weighted by molar-refractivity contribution is 6.35. The number of aromatic amines is 1. The van der Waals surface area contributed by atoms with Crippen molar-refractivity contribution in [2.75, 3.05) is 0 Å². The molecule has 0 atom stereocenters. The molecule has 2 heterocycles. The summed E-state index contributed by atoms with van der Waals surface area (Å²) < 4.78 is 13.4. The number of ketones is 1. The molecule has 2 aromatic heterocycles. The molecule has 1 aromatic carbocycles. The van der Waals surface area contributed by atoms with Gasteiger partial charge in [0.05, 0.1) is 5.02 Å². The summed E-state index contributed by atoms with van der Waals surface area (Å²) in [6.45, 7) is 0. The standard InChI is InChI=1S/C14H8ClFN2O/c15-13-8(2-1-3-11(13)16)14(19)10-7-18-12-4-5-17-6-9(10)12/h1-7,18H. The predicted octanol–water partition coefficient (Wildman–Crippen LogP) is 3.59. The van der Waals surface area contributed by atoms with Gasteiger partial charge in [-0.05, 0) is 18.2 Å². The van der Waals surface area contributed by atoms with Crippen molar-refractivity contribution in [3.63, 3.8) is 0 Å². The van der Waals surface area contributed by atoms with E-state index in [2.05, 4.69) is 9.97 Å². The van der Waals surface area contributed by atoms with Crippen molar-refractivity contribution in [3.05, 3.63) is 64.8 Å². The first-order valence-electron chi connectivity index (χ1n) is 5.58.